The van der Waals surface area contributed by atoms with E-state index in [9.17, 15) is 4.79 Å². The largest absolute Gasteiger partial charge is 0.318 e. The summed E-state index contributed by atoms with van der Waals surface area (Å²) in [6.07, 6.45) is 2.39. The lowest BCUT2D eigenvalue weighted by Gasteiger charge is -2.09. The van der Waals surface area contributed by atoms with Crippen LogP contribution in [-0.4, -0.2) is 20.7 Å². The van der Waals surface area contributed by atoms with Gasteiger partial charge in [0, 0.05) is 13.2 Å². The number of halogens is 1. The Kier molecular flexibility index (Phi) is 3.85. The fourth-order valence-corrected chi connectivity index (χ4v) is 2.02. The minimum Gasteiger partial charge on any atom is -0.318 e. The van der Waals surface area contributed by atoms with Crippen LogP contribution in [0.3, 0.4) is 0 Å². The highest BCUT2D eigenvalue weighted by atomic mass is 35.5. The molecule has 0 aromatic carbocycles. The molecule has 1 amide bonds. The lowest BCUT2D eigenvalue weighted by molar-refractivity contribution is 0.101. The fraction of sp³-hybridized carbons (Fsp3) is 0.308. The molecule has 2 aromatic rings. The Hall–Kier alpha value is -1.88. The van der Waals surface area contributed by atoms with E-state index in [2.05, 4.69) is 15.4 Å². The van der Waals surface area contributed by atoms with Crippen LogP contribution in [0.25, 0.3) is 0 Å². The molecule has 0 radical (unpaired) electrons. The molecule has 0 spiro atoms. The predicted octanol–water partition coefficient (Wildman–Crippen LogP) is 2.59. The van der Waals surface area contributed by atoms with Gasteiger partial charge in [0.25, 0.3) is 5.91 Å². The van der Waals surface area contributed by atoms with E-state index >= 15 is 0 Å². The molecule has 0 unspecified atom stereocenters. The quantitative estimate of drug-likeness (QED) is 0.878. The first-order chi connectivity index (χ1) is 9.02. The zero-order chi connectivity index (χ0) is 14.0. The van der Waals surface area contributed by atoms with Gasteiger partial charge in [-0.15, -0.1) is 0 Å². The van der Waals surface area contributed by atoms with Crippen molar-refractivity contribution in [3.05, 3.63) is 40.4 Å². The van der Waals surface area contributed by atoms with Crippen LogP contribution in [0.5, 0.6) is 0 Å². The van der Waals surface area contributed by atoms with Crippen molar-refractivity contribution in [1.82, 2.24) is 14.8 Å². The minimum atomic E-state index is -0.243. The number of carbonyl (C=O) groups excluding carboxylic acids is 1. The first-order valence-corrected chi connectivity index (χ1v) is 6.36. The smallest absolute Gasteiger partial charge is 0.274 e. The maximum absolute atomic E-state index is 12.2. The topological polar surface area (TPSA) is 59.8 Å². The van der Waals surface area contributed by atoms with Crippen LogP contribution in [-0.2, 0) is 13.5 Å². The molecule has 0 saturated heterocycles. The molecule has 0 bridgehead atoms. The van der Waals surface area contributed by atoms with Gasteiger partial charge in [-0.25, -0.2) is 4.98 Å². The van der Waals surface area contributed by atoms with Gasteiger partial charge >= 0.3 is 0 Å². The normalized spacial score (nSPS) is 10.5. The number of rotatable bonds is 3. The van der Waals surface area contributed by atoms with Crippen LogP contribution < -0.4 is 5.32 Å². The molecule has 2 heterocycles. The van der Waals surface area contributed by atoms with E-state index in [1.165, 1.54) is 0 Å². The van der Waals surface area contributed by atoms with Crippen molar-refractivity contribution in [3.63, 3.8) is 0 Å². The fourth-order valence-electron chi connectivity index (χ4n) is 1.76. The highest BCUT2D eigenvalue weighted by Crippen LogP contribution is 2.23. The molecular weight excluding hydrogens is 264 g/mol. The number of nitrogens with one attached hydrogen (secondary N) is 1. The van der Waals surface area contributed by atoms with Crippen LogP contribution in [0.1, 0.15) is 28.7 Å². The summed E-state index contributed by atoms with van der Waals surface area (Å²) in [5, 5.41) is 7.31. The molecule has 2 rings (SSSR count). The Morgan fingerprint density at radius 3 is 2.84 bits per heavy atom. The lowest BCUT2D eigenvalue weighted by atomic mass is 10.2. The Morgan fingerprint density at radius 1 is 1.53 bits per heavy atom. The van der Waals surface area contributed by atoms with Crippen molar-refractivity contribution in [2.75, 3.05) is 5.32 Å². The predicted molar refractivity (Wildman–Crippen MR) is 74.5 cm³/mol. The molecule has 2 aromatic heterocycles. The third kappa shape index (κ3) is 2.76. The highest BCUT2D eigenvalue weighted by Gasteiger charge is 2.15. The standard InChI is InChI=1S/C13H15ClN4O/c1-4-9-7-10(18(3)17-9)13(19)16-11-8(2)5-6-15-12(11)14/h5-7H,4H2,1-3H3,(H,16,19). The summed E-state index contributed by atoms with van der Waals surface area (Å²) in [5.41, 5.74) is 2.78. The Labute approximate surface area is 116 Å². The second kappa shape index (κ2) is 5.40. The van der Waals surface area contributed by atoms with E-state index in [0.717, 1.165) is 17.7 Å². The number of aryl methyl sites for hydroxylation is 3. The second-order valence-electron chi connectivity index (χ2n) is 4.25. The Bertz CT molecular complexity index is 601. The average molecular weight is 279 g/mol. The summed E-state index contributed by atoms with van der Waals surface area (Å²) >= 11 is 5.99. The summed E-state index contributed by atoms with van der Waals surface area (Å²) in [6, 6.07) is 3.57. The summed E-state index contributed by atoms with van der Waals surface area (Å²) < 4.78 is 1.56. The molecule has 0 saturated carbocycles. The molecular formula is C13H15ClN4O. The maximum Gasteiger partial charge on any atom is 0.274 e. The van der Waals surface area contributed by atoms with Gasteiger partial charge in [-0.05, 0) is 31.0 Å². The molecule has 0 fully saturated rings. The van der Waals surface area contributed by atoms with Gasteiger partial charge in [0.2, 0.25) is 0 Å². The van der Waals surface area contributed by atoms with E-state index in [1.807, 2.05) is 13.8 Å². The van der Waals surface area contributed by atoms with Gasteiger partial charge in [0.1, 0.15) is 5.69 Å². The van der Waals surface area contributed by atoms with Crippen LogP contribution >= 0.6 is 11.6 Å². The molecule has 0 aliphatic rings. The minimum absolute atomic E-state index is 0.243. The summed E-state index contributed by atoms with van der Waals surface area (Å²) in [5.74, 6) is -0.243. The molecule has 1 N–H and O–H groups in total. The van der Waals surface area contributed by atoms with Gasteiger partial charge in [-0.2, -0.15) is 5.10 Å². The summed E-state index contributed by atoms with van der Waals surface area (Å²) in [7, 11) is 1.74. The number of pyridine rings is 1. The third-order valence-corrected chi connectivity index (χ3v) is 3.16. The van der Waals surface area contributed by atoms with Crippen LogP contribution in [0.15, 0.2) is 18.3 Å². The first kappa shape index (κ1) is 13.5. The van der Waals surface area contributed by atoms with Crippen LogP contribution in [0.2, 0.25) is 5.15 Å². The molecule has 5 nitrogen and oxygen atoms in total. The monoisotopic (exact) mass is 278 g/mol. The van der Waals surface area contributed by atoms with Gasteiger partial charge in [0.15, 0.2) is 5.15 Å². The molecule has 0 aliphatic heterocycles. The van der Waals surface area contributed by atoms with E-state index in [4.69, 9.17) is 11.6 Å². The van der Waals surface area contributed by atoms with Crippen molar-refractivity contribution >= 4 is 23.2 Å². The highest BCUT2D eigenvalue weighted by molar-refractivity contribution is 6.32. The van der Waals surface area contributed by atoms with E-state index in [-0.39, 0.29) is 11.1 Å². The van der Waals surface area contributed by atoms with Gasteiger partial charge in [-0.3, -0.25) is 9.48 Å². The maximum atomic E-state index is 12.2. The zero-order valence-electron chi connectivity index (χ0n) is 11.1. The first-order valence-electron chi connectivity index (χ1n) is 5.98. The number of nitrogens with zero attached hydrogens (tertiary/aromatic N) is 3. The molecule has 6 heteroatoms. The Balaban J connectivity index is 2.28. The van der Waals surface area contributed by atoms with E-state index in [0.29, 0.717) is 11.4 Å². The van der Waals surface area contributed by atoms with Gasteiger partial charge < -0.3 is 5.32 Å². The summed E-state index contributed by atoms with van der Waals surface area (Å²) in [6.45, 7) is 3.86. The zero-order valence-corrected chi connectivity index (χ0v) is 11.8. The molecule has 19 heavy (non-hydrogen) atoms. The van der Waals surface area contributed by atoms with Gasteiger partial charge in [0.05, 0.1) is 11.4 Å². The lowest BCUT2D eigenvalue weighted by Crippen LogP contribution is -2.17. The van der Waals surface area contributed by atoms with Crippen LogP contribution in [0, 0.1) is 6.92 Å². The number of hydrogen-bond acceptors (Lipinski definition) is 3. The van der Waals surface area contributed by atoms with Crippen molar-refractivity contribution in [1.29, 1.82) is 0 Å². The van der Waals surface area contributed by atoms with Crippen molar-refractivity contribution < 1.29 is 4.79 Å². The number of carbonyl (C=O) groups is 1. The van der Waals surface area contributed by atoms with Crippen LogP contribution in [0.4, 0.5) is 5.69 Å². The Morgan fingerprint density at radius 2 is 2.26 bits per heavy atom. The average Bonchev–Trinajstić information content (AvgIpc) is 2.75. The van der Waals surface area contributed by atoms with E-state index < -0.39 is 0 Å². The third-order valence-electron chi connectivity index (χ3n) is 2.88. The van der Waals surface area contributed by atoms with Crippen molar-refractivity contribution in [2.24, 2.45) is 7.05 Å². The molecule has 100 valence electrons. The number of amides is 1. The molecule has 0 aliphatic carbocycles. The number of aromatic nitrogens is 3. The SMILES string of the molecule is CCc1cc(C(=O)Nc2c(C)ccnc2Cl)n(C)n1. The van der Waals surface area contributed by atoms with Gasteiger partial charge in [-0.1, -0.05) is 18.5 Å². The summed E-state index contributed by atoms with van der Waals surface area (Å²) in [4.78, 5) is 16.2. The second-order valence-corrected chi connectivity index (χ2v) is 4.60. The van der Waals surface area contributed by atoms with Crippen molar-refractivity contribution in [2.45, 2.75) is 20.3 Å². The van der Waals surface area contributed by atoms with E-state index in [1.54, 1.807) is 30.1 Å². The van der Waals surface area contributed by atoms with Crippen molar-refractivity contribution in [3.8, 4) is 0 Å². The number of anilines is 1. The molecule has 0 atom stereocenters. The number of hydrogen-bond donors (Lipinski definition) is 1.